The van der Waals surface area contributed by atoms with Crippen molar-refractivity contribution in [2.24, 2.45) is 0 Å². The Labute approximate surface area is 114 Å². The van der Waals surface area contributed by atoms with Crippen LogP contribution in [0.1, 0.15) is 39.5 Å². The van der Waals surface area contributed by atoms with Gasteiger partial charge in [-0.1, -0.05) is 0 Å². The van der Waals surface area contributed by atoms with E-state index in [0.29, 0.717) is 12.8 Å². The molecular formula is C12H23NO5S. The molecule has 0 aromatic heterocycles. The van der Waals surface area contributed by atoms with E-state index in [9.17, 15) is 18.0 Å². The van der Waals surface area contributed by atoms with Gasteiger partial charge in [-0.05, 0) is 26.7 Å². The molecule has 7 heteroatoms. The van der Waals surface area contributed by atoms with Gasteiger partial charge in [0, 0.05) is 32.2 Å². The molecule has 0 saturated heterocycles. The van der Waals surface area contributed by atoms with Crippen LogP contribution in [0.4, 0.5) is 0 Å². The fraction of sp³-hybridized carbons (Fsp3) is 0.833. The van der Waals surface area contributed by atoms with Gasteiger partial charge in [0.05, 0.1) is 5.25 Å². The molecule has 112 valence electrons. The van der Waals surface area contributed by atoms with Crippen LogP contribution in [-0.4, -0.2) is 54.9 Å². The van der Waals surface area contributed by atoms with Gasteiger partial charge in [-0.15, -0.1) is 0 Å². The van der Waals surface area contributed by atoms with Crippen molar-refractivity contribution in [3.8, 4) is 0 Å². The summed E-state index contributed by atoms with van der Waals surface area (Å²) in [4.78, 5) is 23.6. The van der Waals surface area contributed by atoms with Gasteiger partial charge in [0.2, 0.25) is 5.91 Å². The minimum Gasteiger partial charge on any atom is -0.481 e. The average molecular weight is 293 g/mol. The minimum atomic E-state index is -3.19. The summed E-state index contributed by atoms with van der Waals surface area (Å²) in [5.74, 6) is -1.03. The lowest BCUT2D eigenvalue weighted by Crippen LogP contribution is -2.44. The molecule has 0 aliphatic heterocycles. The number of hydrogen-bond donors (Lipinski definition) is 1. The standard InChI is InChI=1S/C12H23NO5S/c1-9(10(2)19(4,17)18)13(3)11(14)7-5-6-8-12(15)16/h9-10H,5-8H2,1-4H3,(H,15,16). The predicted octanol–water partition coefficient (Wildman–Crippen LogP) is 0.911. The highest BCUT2D eigenvalue weighted by atomic mass is 32.2. The minimum absolute atomic E-state index is 0.0479. The van der Waals surface area contributed by atoms with E-state index in [1.807, 2.05) is 0 Å². The normalized spacial score (nSPS) is 14.7. The maximum Gasteiger partial charge on any atom is 0.303 e. The van der Waals surface area contributed by atoms with E-state index in [2.05, 4.69) is 0 Å². The van der Waals surface area contributed by atoms with Crippen molar-refractivity contribution >= 4 is 21.7 Å². The summed E-state index contributed by atoms with van der Waals surface area (Å²) in [6.45, 7) is 3.27. The number of carboxylic acid groups (broad SMARTS) is 1. The third-order valence-electron chi connectivity index (χ3n) is 3.39. The number of aliphatic carboxylic acids is 1. The first-order valence-corrected chi connectivity index (χ1v) is 8.19. The highest BCUT2D eigenvalue weighted by Gasteiger charge is 2.27. The largest absolute Gasteiger partial charge is 0.481 e. The van der Waals surface area contributed by atoms with Crippen molar-refractivity contribution in [1.29, 1.82) is 0 Å². The van der Waals surface area contributed by atoms with Gasteiger partial charge in [-0.3, -0.25) is 9.59 Å². The van der Waals surface area contributed by atoms with Gasteiger partial charge in [-0.2, -0.15) is 0 Å². The van der Waals surface area contributed by atoms with Gasteiger partial charge in [-0.25, -0.2) is 8.42 Å². The number of sulfone groups is 1. The Morgan fingerprint density at radius 1 is 1.16 bits per heavy atom. The van der Waals surface area contributed by atoms with Crippen molar-refractivity contribution in [2.75, 3.05) is 13.3 Å². The number of rotatable bonds is 8. The molecule has 0 aromatic rings. The second kappa shape index (κ2) is 7.47. The van der Waals surface area contributed by atoms with Gasteiger partial charge in [0.25, 0.3) is 0 Å². The second-order valence-corrected chi connectivity index (χ2v) is 7.28. The molecule has 0 spiro atoms. The zero-order valence-corrected chi connectivity index (χ0v) is 12.7. The first-order valence-electron chi connectivity index (χ1n) is 6.23. The van der Waals surface area contributed by atoms with E-state index in [1.54, 1.807) is 20.9 Å². The van der Waals surface area contributed by atoms with E-state index in [-0.39, 0.29) is 18.7 Å². The molecule has 0 aliphatic rings. The Morgan fingerprint density at radius 2 is 1.63 bits per heavy atom. The van der Waals surface area contributed by atoms with Crippen molar-refractivity contribution in [3.63, 3.8) is 0 Å². The van der Waals surface area contributed by atoms with Gasteiger partial charge in [0.1, 0.15) is 0 Å². The quantitative estimate of drug-likeness (QED) is 0.672. The number of hydrogen-bond acceptors (Lipinski definition) is 4. The van der Waals surface area contributed by atoms with Crippen molar-refractivity contribution < 1.29 is 23.1 Å². The van der Waals surface area contributed by atoms with Gasteiger partial charge >= 0.3 is 5.97 Å². The van der Waals surface area contributed by atoms with Crippen LogP contribution in [0.15, 0.2) is 0 Å². The Morgan fingerprint density at radius 3 is 2.05 bits per heavy atom. The molecule has 2 atom stereocenters. The molecule has 0 fully saturated rings. The van der Waals surface area contributed by atoms with E-state index < -0.39 is 27.1 Å². The van der Waals surface area contributed by atoms with Crippen LogP contribution in [0.25, 0.3) is 0 Å². The number of carbonyl (C=O) groups excluding carboxylic acids is 1. The molecule has 0 rings (SSSR count). The zero-order valence-electron chi connectivity index (χ0n) is 11.9. The zero-order chi connectivity index (χ0) is 15.2. The molecule has 1 amide bonds. The molecule has 0 heterocycles. The maximum atomic E-state index is 11.8. The first-order chi connectivity index (χ1) is 8.57. The van der Waals surface area contributed by atoms with Gasteiger partial charge in [0.15, 0.2) is 9.84 Å². The number of carbonyl (C=O) groups is 2. The third kappa shape index (κ3) is 6.56. The molecule has 0 aromatic carbocycles. The summed E-state index contributed by atoms with van der Waals surface area (Å²) in [6.07, 6.45) is 2.39. The highest BCUT2D eigenvalue weighted by Crippen LogP contribution is 2.12. The summed E-state index contributed by atoms with van der Waals surface area (Å²) >= 11 is 0. The van der Waals surface area contributed by atoms with E-state index >= 15 is 0 Å². The lowest BCUT2D eigenvalue weighted by Gasteiger charge is -2.29. The first kappa shape index (κ1) is 17.9. The van der Waals surface area contributed by atoms with Crippen LogP contribution in [0.5, 0.6) is 0 Å². The average Bonchev–Trinajstić information content (AvgIpc) is 2.30. The van der Waals surface area contributed by atoms with Crippen LogP contribution in [0.2, 0.25) is 0 Å². The maximum absolute atomic E-state index is 11.8. The Balaban J connectivity index is 4.29. The van der Waals surface area contributed by atoms with E-state index in [0.717, 1.165) is 6.26 Å². The number of nitrogens with zero attached hydrogens (tertiary/aromatic N) is 1. The van der Waals surface area contributed by atoms with Crippen molar-refractivity contribution in [2.45, 2.75) is 50.8 Å². The van der Waals surface area contributed by atoms with Crippen LogP contribution in [0, 0.1) is 0 Å². The molecular weight excluding hydrogens is 270 g/mol. The molecule has 0 radical (unpaired) electrons. The van der Waals surface area contributed by atoms with Gasteiger partial charge < -0.3 is 10.0 Å². The Kier molecular flexibility index (Phi) is 7.04. The lowest BCUT2D eigenvalue weighted by atomic mass is 10.1. The molecule has 0 aliphatic carbocycles. The highest BCUT2D eigenvalue weighted by molar-refractivity contribution is 7.91. The molecule has 19 heavy (non-hydrogen) atoms. The number of carboxylic acids is 1. The number of amides is 1. The predicted molar refractivity (Wildman–Crippen MR) is 72.6 cm³/mol. The van der Waals surface area contributed by atoms with Crippen LogP contribution < -0.4 is 0 Å². The van der Waals surface area contributed by atoms with Crippen LogP contribution in [-0.2, 0) is 19.4 Å². The fourth-order valence-electron chi connectivity index (χ4n) is 1.63. The summed E-state index contributed by atoms with van der Waals surface area (Å²) < 4.78 is 22.9. The van der Waals surface area contributed by atoms with Crippen LogP contribution in [0.3, 0.4) is 0 Å². The monoisotopic (exact) mass is 293 g/mol. The Hall–Kier alpha value is -1.11. The van der Waals surface area contributed by atoms with E-state index in [4.69, 9.17) is 5.11 Å². The summed E-state index contributed by atoms with van der Waals surface area (Å²) in [7, 11) is -1.61. The summed E-state index contributed by atoms with van der Waals surface area (Å²) in [5.41, 5.74) is 0. The lowest BCUT2D eigenvalue weighted by molar-refractivity contribution is -0.137. The molecule has 0 bridgehead atoms. The molecule has 6 nitrogen and oxygen atoms in total. The topological polar surface area (TPSA) is 91.8 Å². The third-order valence-corrected chi connectivity index (χ3v) is 5.13. The van der Waals surface area contributed by atoms with Crippen LogP contribution >= 0.6 is 0 Å². The number of unbranched alkanes of at least 4 members (excludes halogenated alkanes) is 1. The molecule has 1 N–H and O–H groups in total. The SMILES string of the molecule is CC(C(C)S(C)(=O)=O)N(C)C(=O)CCCCC(=O)O. The molecule has 0 saturated carbocycles. The Bertz CT molecular complexity index is 418. The summed E-state index contributed by atoms with van der Waals surface area (Å²) in [5, 5.41) is 7.85. The van der Waals surface area contributed by atoms with E-state index in [1.165, 1.54) is 4.90 Å². The van der Waals surface area contributed by atoms with Crippen molar-refractivity contribution in [1.82, 2.24) is 4.90 Å². The fourth-order valence-corrected chi connectivity index (χ4v) is 2.53. The summed E-state index contributed by atoms with van der Waals surface area (Å²) in [6, 6.07) is -0.401. The second-order valence-electron chi connectivity index (χ2n) is 4.88. The molecule has 2 unspecified atom stereocenters. The van der Waals surface area contributed by atoms with Crippen molar-refractivity contribution in [3.05, 3.63) is 0 Å². The smallest absolute Gasteiger partial charge is 0.303 e.